The second kappa shape index (κ2) is 7.87. The van der Waals surface area contributed by atoms with Gasteiger partial charge in [0.1, 0.15) is 5.82 Å². The molecule has 2 aliphatic carbocycles. The smallest absolute Gasteiger partial charge is 0.340 e. The highest BCUT2D eigenvalue weighted by Crippen LogP contribution is 2.38. The number of hydrogen-bond acceptors (Lipinski definition) is 5. The van der Waals surface area contributed by atoms with Crippen molar-refractivity contribution < 1.29 is 14.3 Å². The zero-order valence-corrected chi connectivity index (χ0v) is 16.0. The van der Waals surface area contributed by atoms with Crippen LogP contribution in [0.1, 0.15) is 62.2 Å². The molecule has 6 heteroatoms. The van der Waals surface area contributed by atoms with Crippen LogP contribution in [0.3, 0.4) is 0 Å². The third-order valence-electron chi connectivity index (χ3n) is 6.31. The molecule has 2 saturated carbocycles. The molecule has 27 heavy (non-hydrogen) atoms. The Hall–Kier alpha value is -2.11. The van der Waals surface area contributed by atoms with Crippen molar-refractivity contribution in [2.45, 2.75) is 64.0 Å². The first-order valence-corrected chi connectivity index (χ1v) is 10.3. The van der Waals surface area contributed by atoms with E-state index < -0.39 is 5.97 Å². The summed E-state index contributed by atoms with van der Waals surface area (Å²) in [6.07, 6.45) is 9.63. The highest BCUT2D eigenvalue weighted by molar-refractivity contribution is 5.91. The number of likely N-dealkylation sites (tertiary alicyclic amines) is 1. The van der Waals surface area contributed by atoms with E-state index in [0.29, 0.717) is 29.5 Å². The molecular formula is C21H29N3O3. The van der Waals surface area contributed by atoms with Crippen LogP contribution in [0.15, 0.2) is 18.3 Å². The van der Waals surface area contributed by atoms with Gasteiger partial charge in [0.25, 0.3) is 5.91 Å². The highest BCUT2D eigenvalue weighted by atomic mass is 16.5. The number of ether oxygens (including phenoxy) is 1. The fraction of sp³-hybridized carbons (Fsp3) is 0.667. The first-order valence-electron chi connectivity index (χ1n) is 10.3. The lowest BCUT2D eigenvalue weighted by atomic mass is 9.72. The zero-order chi connectivity index (χ0) is 18.8. The van der Waals surface area contributed by atoms with Crippen LogP contribution in [0.2, 0.25) is 0 Å². The van der Waals surface area contributed by atoms with Crippen LogP contribution in [-0.2, 0) is 9.53 Å². The Morgan fingerprint density at radius 3 is 2.74 bits per heavy atom. The lowest BCUT2D eigenvalue weighted by Gasteiger charge is -2.47. The average Bonchev–Trinajstić information content (AvgIpc) is 3.51. The number of nitrogens with one attached hydrogen (secondary N) is 1. The van der Waals surface area contributed by atoms with Crippen LogP contribution in [0, 0.1) is 11.8 Å². The predicted octanol–water partition coefficient (Wildman–Crippen LogP) is 3.24. The van der Waals surface area contributed by atoms with Gasteiger partial charge >= 0.3 is 5.97 Å². The number of hydrogen-bond donors (Lipinski definition) is 1. The summed E-state index contributed by atoms with van der Waals surface area (Å²) in [5.74, 6) is 1.50. The molecule has 1 saturated heterocycles. The van der Waals surface area contributed by atoms with Crippen LogP contribution in [-0.4, -0.2) is 47.0 Å². The molecule has 1 aromatic heterocycles. The number of amides is 1. The molecule has 0 aromatic carbocycles. The van der Waals surface area contributed by atoms with Gasteiger partial charge in [-0.2, -0.15) is 0 Å². The van der Waals surface area contributed by atoms with Crippen molar-refractivity contribution in [1.29, 1.82) is 0 Å². The topological polar surface area (TPSA) is 71.5 Å². The minimum Gasteiger partial charge on any atom is -0.452 e. The summed E-state index contributed by atoms with van der Waals surface area (Å²) >= 11 is 0. The summed E-state index contributed by atoms with van der Waals surface area (Å²) in [6.45, 7) is 2.90. The lowest BCUT2D eigenvalue weighted by molar-refractivity contribution is -0.142. The molecule has 0 unspecified atom stereocenters. The Labute approximate surface area is 160 Å². The number of esters is 1. The number of carbonyl (C=O) groups is 2. The van der Waals surface area contributed by atoms with Crippen molar-refractivity contribution in [2.24, 2.45) is 11.8 Å². The molecule has 1 N–H and O–H groups in total. The van der Waals surface area contributed by atoms with Crippen LogP contribution < -0.4 is 5.32 Å². The Morgan fingerprint density at radius 2 is 2.00 bits per heavy atom. The van der Waals surface area contributed by atoms with Crippen LogP contribution in [0.4, 0.5) is 5.82 Å². The second-order valence-corrected chi connectivity index (χ2v) is 8.30. The fourth-order valence-electron chi connectivity index (χ4n) is 4.55. The molecular weight excluding hydrogens is 342 g/mol. The molecule has 1 aliphatic heterocycles. The van der Waals surface area contributed by atoms with Gasteiger partial charge in [0, 0.05) is 24.8 Å². The maximum absolute atomic E-state index is 12.7. The number of carbonyl (C=O) groups excluding carboxylic acids is 2. The zero-order valence-electron chi connectivity index (χ0n) is 16.0. The van der Waals surface area contributed by atoms with Gasteiger partial charge in [-0.05, 0) is 56.1 Å². The highest BCUT2D eigenvalue weighted by Gasteiger charge is 2.39. The largest absolute Gasteiger partial charge is 0.452 e. The number of piperidine rings is 1. The number of rotatable bonds is 5. The van der Waals surface area contributed by atoms with Crippen molar-refractivity contribution in [3.05, 3.63) is 23.9 Å². The number of aromatic nitrogens is 1. The summed E-state index contributed by atoms with van der Waals surface area (Å²) in [4.78, 5) is 31.2. The molecule has 0 spiro atoms. The average molecular weight is 371 g/mol. The Balaban J connectivity index is 1.30. The fourth-order valence-corrected chi connectivity index (χ4v) is 4.55. The van der Waals surface area contributed by atoms with Crippen molar-refractivity contribution in [3.63, 3.8) is 0 Å². The summed E-state index contributed by atoms with van der Waals surface area (Å²) in [5, 5.41) is 3.28. The minimum atomic E-state index is -0.487. The van der Waals surface area contributed by atoms with Gasteiger partial charge in [-0.25, -0.2) is 9.78 Å². The van der Waals surface area contributed by atoms with Gasteiger partial charge in [0.15, 0.2) is 6.61 Å². The summed E-state index contributed by atoms with van der Waals surface area (Å²) in [5.41, 5.74) is 0.381. The first kappa shape index (κ1) is 18.3. The first-order chi connectivity index (χ1) is 13.1. The minimum absolute atomic E-state index is 0.0628. The molecule has 1 amide bonds. The van der Waals surface area contributed by atoms with Gasteiger partial charge in [0.2, 0.25) is 0 Å². The standard InChI is InChI=1S/C21H29N3O3/c1-14-10-11-24(18-5-3-2-4-17(14)18)20(25)13-27-21(26)15-6-9-19(22-12-15)23-16-7-8-16/h6,9,12,14,16-18H,2-5,7-8,10-11,13H2,1H3,(H,22,23)/t14-,17+,18-/m1/s1. The molecule has 146 valence electrons. The van der Waals surface area contributed by atoms with E-state index in [2.05, 4.69) is 17.2 Å². The van der Waals surface area contributed by atoms with Crippen molar-refractivity contribution in [3.8, 4) is 0 Å². The van der Waals surface area contributed by atoms with Crippen LogP contribution >= 0.6 is 0 Å². The van der Waals surface area contributed by atoms with Crippen molar-refractivity contribution >= 4 is 17.7 Å². The number of fused-ring (bicyclic) bond motifs is 1. The van der Waals surface area contributed by atoms with E-state index >= 15 is 0 Å². The van der Waals surface area contributed by atoms with Crippen LogP contribution in [0.25, 0.3) is 0 Å². The van der Waals surface area contributed by atoms with Crippen molar-refractivity contribution in [2.75, 3.05) is 18.5 Å². The van der Waals surface area contributed by atoms with Crippen LogP contribution in [0.5, 0.6) is 0 Å². The summed E-state index contributed by atoms with van der Waals surface area (Å²) in [6, 6.07) is 4.33. The Bertz CT molecular complexity index is 686. The number of nitrogens with zero attached hydrogens (tertiary/aromatic N) is 2. The van der Waals surface area contributed by atoms with Gasteiger partial charge in [-0.1, -0.05) is 19.8 Å². The van der Waals surface area contributed by atoms with Gasteiger partial charge in [-0.15, -0.1) is 0 Å². The van der Waals surface area contributed by atoms with Crippen molar-refractivity contribution in [1.82, 2.24) is 9.88 Å². The third kappa shape index (κ3) is 4.25. The van der Waals surface area contributed by atoms with Gasteiger partial charge in [-0.3, -0.25) is 4.79 Å². The van der Waals surface area contributed by atoms with E-state index in [1.165, 1.54) is 38.3 Å². The molecule has 0 bridgehead atoms. The molecule has 3 atom stereocenters. The Morgan fingerprint density at radius 1 is 1.19 bits per heavy atom. The molecule has 3 fully saturated rings. The molecule has 0 radical (unpaired) electrons. The van der Waals surface area contributed by atoms with E-state index in [1.54, 1.807) is 12.1 Å². The second-order valence-electron chi connectivity index (χ2n) is 8.30. The SMILES string of the molecule is C[C@@H]1CCN(C(=O)COC(=O)c2ccc(NC3CC3)nc2)[C@@H]2CCCC[C@@H]12. The lowest BCUT2D eigenvalue weighted by Crippen LogP contribution is -2.53. The maximum Gasteiger partial charge on any atom is 0.340 e. The molecule has 2 heterocycles. The van der Waals surface area contributed by atoms with E-state index in [-0.39, 0.29) is 12.5 Å². The van der Waals surface area contributed by atoms with E-state index in [4.69, 9.17) is 4.74 Å². The number of anilines is 1. The van der Waals surface area contributed by atoms with E-state index in [1.807, 2.05) is 4.90 Å². The van der Waals surface area contributed by atoms with E-state index in [0.717, 1.165) is 25.2 Å². The maximum atomic E-state index is 12.7. The molecule has 6 nitrogen and oxygen atoms in total. The monoisotopic (exact) mass is 371 g/mol. The summed E-state index contributed by atoms with van der Waals surface area (Å²) in [7, 11) is 0. The Kier molecular flexibility index (Phi) is 5.32. The molecule has 1 aromatic rings. The number of pyridine rings is 1. The normalized spacial score (nSPS) is 27.6. The molecule has 3 aliphatic rings. The summed E-state index contributed by atoms with van der Waals surface area (Å²) < 4.78 is 5.29. The predicted molar refractivity (Wildman–Crippen MR) is 102 cm³/mol. The molecule has 4 rings (SSSR count). The van der Waals surface area contributed by atoms with Gasteiger partial charge < -0.3 is 15.0 Å². The quantitative estimate of drug-likeness (QED) is 0.805. The van der Waals surface area contributed by atoms with Gasteiger partial charge in [0.05, 0.1) is 5.56 Å². The van der Waals surface area contributed by atoms with E-state index in [9.17, 15) is 9.59 Å². The third-order valence-corrected chi connectivity index (χ3v) is 6.31.